The van der Waals surface area contributed by atoms with Crippen LogP contribution in [0.15, 0.2) is 59.5 Å². The molecule has 8 heteroatoms. The molecular weight excluding hydrogens is 417 g/mol. The first kappa shape index (κ1) is 23.4. The van der Waals surface area contributed by atoms with Gasteiger partial charge in [0.15, 0.2) is 0 Å². The number of sulfonamides is 1. The van der Waals surface area contributed by atoms with Crippen molar-refractivity contribution in [3.05, 3.63) is 66.0 Å². The molecule has 168 valence electrons. The first-order valence-electron chi connectivity index (χ1n) is 10.7. The number of halogens is 1. The van der Waals surface area contributed by atoms with E-state index in [1.54, 1.807) is 0 Å². The highest BCUT2D eigenvalue weighted by Gasteiger charge is 2.31. The molecule has 2 aromatic carbocycles. The molecule has 0 saturated carbocycles. The lowest BCUT2D eigenvalue weighted by Gasteiger charge is -2.36. The van der Waals surface area contributed by atoms with E-state index in [0.29, 0.717) is 32.7 Å². The van der Waals surface area contributed by atoms with Crippen LogP contribution in [-0.2, 0) is 14.8 Å². The minimum atomic E-state index is -3.66. The Bertz CT molecular complexity index is 959. The quantitative estimate of drug-likeness (QED) is 0.676. The Balaban J connectivity index is 1.53. The van der Waals surface area contributed by atoms with Gasteiger partial charge in [-0.3, -0.25) is 9.69 Å². The third-order valence-corrected chi connectivity index (χ3v) is 7.85. The predicted molar refractivity (Wildman–Crippen MR) is 119 cm³/mol. The molecule has 1 N–H and O–H groups in total. The lowest BCUT2D eigenvalue weighted by Crippen LogP contribution is -2.55. The molecule has 0 aromatic heterocycles. The highest BCUT2D eigenvalue weighted by atomic mass is 32.2. The largest absolute Gasteiger partial charge is 0.354 e. The third-order valence-electron chi connectivity index (χ3n) is 5.94. The van der Waals surface area contributed by atoms with Crippen LogP contribution < -0.4 is 5.32 Å². The van der Waals surface area contributed by atoms with Crippen LogP contribution in [0.4, 0.5) is 4.39 Å². The molecule has 2 aromatic rings. The molecule has 3 rings (SSSR count). The number of carbonyl (C=O) groups is 1. The van der Waals surface area contributed by atoms with Crippen molar-refractivity contribution in [2.45, 2.75) is 37.1 Å². The maximum Gasteiger partial charge on any atom is 0.243 e. The van der Waals surface area contributed by atoms with E-state index in [4.69, 9.17) is 0 Å². The van der Waals surface area contributed by atoms with E-state index in [1.807, 2.05) is 30.0 Å². The number of rotatable bonds is 8. The van der Waals surface area contributed by atoms with Crippen molar-refractivity contribution < 1.29 is 17.6 Å². The first-order chi connectivity index (χ1) is 14.8. The van der Waals surface area contributed by atoms with E-state index in [-0.39, 0.29) is 22.8 Å². The molecule has 1 saturated heterocycles. The van der Waals surface area contributed by atoms with Gasteiger partial charge in [0.2, 0.25) is 15.9 Å². The molecule has 1 heterocycles. The summed E-state index contributed by atoms with van der Waals surface area (Å²) in [5.41, 5.74) is 1.21. The summed E-state index contributed by atoms with van der Waals surface area (Å²) in [6.07, 6.45) is 0.929. The van der Waals surface area contributed by atoms with Gasteiger partial charge >= 0.3 is 0 Å². The fourth-order valence-electron chi connectivity index (χ4n) is 3.85. The summed E-state index contributed by atoms with van der Waals surface area (Å²) in [5.74, 6) is -0.263. The zero-order valence-electron chi connectivity index (χ0n) is 18.0. The summed E-state index contributed by atoms with van der Waals surface area (Å²) in [6.45, 7) is 6.03. The van der Waals surface area contributed by atoms with Gasteiger partial charge in [-0.15, -0.1) is 0 Å². The van der Waals surface area contributed by atoms with Crippen LogP contribution in [0.1, 0.15) is 31.7 Å². The van der Waals surface area contributed by atoms with E-state index in [9.17, 15) is 17.6 Å². The molecule has 0 radical (unpaired) electrons. The topological polar surface area (TPSA) is 69.7 Å². The maximum atomic E-state index is 13.1. The molecule has 31 heavy (non-hydrogen) atoms. The van der Waals surface area contributed by atoms with Crippen molar-refractivity contribution >= 4 is 15.9 Å². The molecule has 1 aliphatic heterocycles. The molecule has 1 aliphatic rings. The van der Waals surface area contributed by atoms with Crippen LogP contribution in [0.2, 0.25) is 0 Å². The smallest absolute Gasteiger partial charge is 0.243 e. The van der Waals surface area contributed by atoms with Crippen LogP contribution in [0.25, 0.3) is 0 Å². The number of carbonyl (C=O) groups excluding carboxylic acids is 1. The Morgan fingerprint density at radius 2 is 1.65 bits per heavy atom. The summed E-state index contributed by atoms with van der Waals surface area (Å²) in [6, 6.07) is 14.6. The Labute approximate surface area is 184 Å². The van der Waals surface area contributed by atoms with Gasteiger partial charge in [-0.05, 0) is 43.2 Å². The van der Waals surface area contributed by atoms with E-state index in [0.717, 1.165) is 18.6 Å². The Kier molecular flexibility index (Phi) is 7.80. The van der Waals surface area contributed by atoms with Gasteiger partial charge in [0.25, 0.3) is 0 Å². The van der Waals surface area contributed by atoms with Gasteiger partial charge in [0.05, 0.1) is 10.9 Å². The minimum Gasteiger partial charge on any atom is -0.354 e. The Morgan fingerprint density at radius 1 is 1.03 bits per heavy atom. The summed E-state index contributed by atoms with van der Waals surface area (Å²) in [7, 11) is -3.66. The fraction of sp³-hybridized carbons (Fsp3) is 0.435. The number of benzene rings is 2. The summed E-state index contributed by atoms with van der Waals surface area (Å²) in [5, 5.41) is 3.05. The average molecular weight is 448 g/mol. The number of nitrogens with one attached hydrogen (secondary N) is 1. The zero-order chi connectivity index (χ0) is 22.4. The van der Waals surface area contributed by atoms with E-state index in [1.165, 1.54) is 22.0 Å². The predicted octanol–water partition coefficient (Wildman–Crippen LogP) is 2.83. The van der Waals surface area contributed by atoms with Crippen molar-refractivity contribution in [3.8, 4) is 0 Å². The number of nitrogens with zero attached hydrogens (tertiary/aromatic N) is 2. The van der Waals surface area contributed by atoms with E-state index in [2.05, 4.69) is 24.4 Å². The van der Waals surface area contributed by atoms with Crippen molar-refractivity contribution in [3.63, 3.8) is 0 Å². The fourth-order valence-corrected chi connectivity index (χ4v) is 5.27. The van der Waals surface area contributed by atoms with Gasteiger partial charge in [-0.1, -0.05) is 37.3 Å². The second kappa shape index (κ2) is 10.3. The second-order valence-corrected chi connectivity index (χ2v) is 9.77. The molecule has 0 spiro atoms. The zero-order valence-corrected chi connectivity index (χ0v) is 18.8. The molecule has 2 unspecified atom stereocenters. The van der Waals surface area contributed by atoms with Gasteiger partial charge < -0.3 is 5.32 Å². The summed E-state index contributed by atoms with van der Waals surface area (Å²) >= 11 is 0. The number of hydrogen-bond acceptors (Lipinski definition) is 4. The minimum absolute atomic E-state index is 0.0516. The normalized spacial score (nSPS) is 17.8. The monoisotopic (exact) mass is 447 g/mol. The Morgan fingerprint density at radius 3 is 2.23 bits per heavy atom. The van der Waals surface area contributed by atoms with Crippen LogP contribution in [0.5, 0.6) is 0 Å². The van der Waals surface area contributed by atoms with Crippen molar-refractivity contribution in [2.75, 3.05) is 32.7 Å². The molecule has 0 aliphatic carbocycles. The number of hydrogen-bond donors (Lipinski definition) is 1. The van der Waals surface area contributed by atoms with Crippen LogP contribution >= 0.6 is 0 Å². The van der Waals surface area contributed by atoms with Crippen molar-refractivity contribution in [1.82, 2.24) is 14.5 Å². The molecular formula is C23H30FN3O3S. The van der Waals surface area contributed by atoms with Crippen LogP contribution in [-0.4, -0.2) is 62.3 Å². The molecule has 0 bridgehead atoms. The van der Waals surface area contributed by atoms with Crippen molar-refractivity contribution in [1.29, 1.82) is 0 Å². The van der Waals surface area contributed by atoms with Gasteiger partial charge in [0.1, 0.15) is 5.82 Å². The second-order valence-electron chi connectivity index (χ2n) is 7.83. The highest BCUT2D eigenvalue weighted by molar-refractivity contribution is 7.89. The van der Waals surface area contributed by atoms with Gasteiger partial charge in [0, 0.05) is 38.6 Å². The molecule has 6 nitrogen and oxygen atoms in total. The van der Waals surface area contributed by atoms with Crippen molar-refractivity contribution in [2.24, 2.45) is 0 Å². The SMILES string of the molecule is CCC(CNC(=O)C(C)N1CCN(S(=O)(=O)c2ccc(F)cc2)CC1)c1ccccc1. The van der Waals surface area contributed by atoms with Crippen LogP contribution in [0.3, 0.4) is 0 Å². The first-order valence-corrected chi connectivity index (χ1v) is 12.1. The highest BCUT2D eigenvalue weighted by Crippen LogP contribution is 2.20. The maximum absolute atomic E-state index is 13.1. The molecule has 1 amide bonds. The van der Waals surface area contributed by atoms with E-state index >= 15 is 0 Å². The summed E-state index contributed by atoms with van der Waals surface area (Å²) in [4.78, 5) is 14.8. The van der Waals surface area contributed by atoms with Crippen LogP contribution in [0, 0.1) is 5.82 Å². The van der Waals surface area contributed by atoms with E-state index < -0.39 is 15.8 Å². The average Bonchev–Trinajstić information content (AvgIpc) is 2.80. The lowest BCUT2D eigenvalue weighted by molar-refractivity contribution is -0.126. The lowest BCUT2D eigenvalue weighted by atomic mass is 9.96. The van der Waals surface area contributed by atoms with Gasteiger partial charge in [-0.2, -0.15) is 4.31 Å². The number of amides is 1. The Hall–Kier alpha value is -2.29. The molecule has 1 fully saturated rings. The summed E-state index contributed by atoms with van der Waals surface area (Å²) < 4.78 is 40.0. The third kappa shape index (κ3) is 5.70. The standard InChI is InChI=1S/C23H30FN3O3S/c1-3-19(20-7-5-4-6-8-20)17-25-23(28)18(2)26-13-15-27(16-14-26)31(29,30)22-11-9-21(24)10-12-22/h4-12,18-19H,3,13-17H2,1-2H3,(H,25,28). The number of piperazine rings is 1. The van der Waals surface area contributed by atoms with Gasteiger partial charge in [-0.25, -0.2) is 12.8 Å². The molecule has 2 atom stereocenters.